The van der Waals surface area contributed by atoms with Crippen LogP contribution in [0.2, 0.25) is 0 Å². The van der Waals surface area contributed by atoms with Gasteiger partial charge in [-0.1, -0.05) is 24.3 Å². The molecular formula is C23H23NO4. The zero-order chi connectivity index (χ0) is 19.7. The number of allylic oxidation sites excluding steroid dienone is 2. The van der Waals surface area contributed by atoms with Gasteiger partial charge in [-0.05, 0) is 60.7 Å². The Morgan fingerprint density at radius 2 is 1.82 bits per heavy atom. The van der Waals surface area contributed by atoms with Crippen LogP contribution in [0, 0.1) is 5.92 Å². The summed E-state index contributed by atoms with van der Waals surface area (Å²) in [4.78, 5) is 23.8. The first-order valence-corrected chi connectivity index (χ1v) is 9.55. The first-order chi connectivity index (χ1) is 13.6. The molecule has 3 atom stereocenters. The summed E-state index contributed by atoms with van der Waals surface area (Å²) in [5.41, 5.74) is 4.42. The summed E-state index contributed by atoms with van der Waals surface area (Å²) in [6.45, 7) is 2.17. The molecule has 144 valence electrons. The summed E-state index contributed by atoms with van der Waals surface area (Å²) in [5, 5.41) is 3.64. The van der Waals surface area contributed by atoms with Gasteiger partial charge in [-0.3, -0.25) is 0 Å². The Hall–Kier alpha value is -3.08. The van der Waals surface area contributed by atoms with Crippen LogP contribution in [-0.4, -0.2) is 25.7 Å². The Labute approximate surface area is 164 Å². The molecule has 0 saturated carbocycles. The molecule has 0 fully saturated rings. The number of benzene rings is 2. The minimum Gasteiger partial charge on any atom is -0.465 e. The monoisotopic (exact) mass is 377 g/mol. The molecule has 28 heavy (non-hydrogen) atoms. The first kappa shape index (κ1) is 18.3. The second-order valence-corrected chi connectivity index (χ2v) is 7.11. The first-order valence-electron chi connectivity index (χ1n) is 9.55. The van der Waals surface area contributed by atoms with Crippen molar-refractivity contribution in [2.45, 2.75) is 25.3 Å². The van der Waals surface area contributed by atoms with Crippen molar-refractivity contribution in [3.63, 3.8) is 0 Å². The molecule has 0 amide bonds. The van der Waals surface area contributed by atoms with Crippen LogP contribution >= 0.6 is 0 Å². The van der Waals surface area contributed by atoms with Crippen LogP contribution < -0.4 is 5.32 Å². The predicted octanol–water partition coefficient (Wildman–Crippen LogP) is 4.48. The van der Waals surface area contributed by atoms with Crippen molar-refractivity contribution in [2.24, 2.45) is 5.92 Å². The Balaban J connectivity index is 1.65. The van der Waals surface area contributed by atoms with Gasteiger partial charge >= 0.3 is 11.9 Å². The van der Waals surface area contributed by atoms with Crippen molar-refractivity contribution in [3.05, 3.63) is 76.9 Å². The van der Waals surface area contributed by atoms with Crippen molar-refractivity contribution < 1.29 is 19.1 Å². The fourth-order valence-electron chi connectivity index (χ4n) is 4.21. The lowest BCUT2D eigenvalue weighted by molar-refractivity contribution is 0.0525. The zero-order valence-electron chi connectivity index (χ0n) is 16.0. The lowest BCUT2D eigenvalue weighted by Crippen LogP contribution is -2.29. The summed E-state index contributed by atoms with van der Waals surface area (Å²) >= 11 is 0. The van der Waals surface area contributed by atoms with Crippen LogP contribution in [0.3, 0.4) is 0 Å². The molecule has 5 heteroatoms. The Bertz CT molecular complexity index is 932. The van der Waals surface area contributed by atoms with E-state index in [0.717, 1.165) is 23.2 Å². The summed E-state index contributed by atoms with van der Waals surface area (Å²) < 4.78 is 9.93. The molecule has 2 aliphatic rings. The van der Waals surface area contributed by atoms with Gasteiger partial charge < -0.3 is 14.8 Å². The number of hydrogen-bond acceptors (Lipinski definition) is 5. The third kappa shape index (κ3) is 3.17. The number of fused-ring (bicyclic) bond motifs is 3. The standard InChI is InChI=1S/C23H23NO4/c1-3-28-23(26)16-11-12-20-19(13-16)17-5-4-6-18(17)21(24-20)14-7-9-15(10-8-14)22(25)27-2/h4-5,7-13,17-18,21,24H,3,6H2,1-2H3/t17-,18+,21+/m1/s1. The van der Waals surface area contributed by atoms with Crippen molar-refractivity contribution >= 4 is 17.6 Å². The molecule has 2 aromatic carbocycles. The second kappa shape index (κ2) is 7.50. The van der Waals surface area contributed by atoms with E-state index in [4.69, 9.17) is 9.47 Å². The van der Waals surface area contributed by atoms with E-state index >= 15 is 0 Å². The van der Waals surface area contributed by atoms with Crippen LogP contribution in [0.5, 0.6) is 0 Å². The molecule has 1 aliphatic heterocycles. The molecule has 0 radical (unpaired) electrons. The number of ether oxygens (including phenoxy) is 2. The maximum absolute atomic E-state index is 12.1. The highest BCUT2D eigenvalue weighted by Gasteiger charge is 2.38. The van der Waals surface area contributed by atoms with Gasteiger partial charge in [0.15, 0.2) is 0 Å². The average Bonchev–Trinajstić information content (AvgIpc) is 3.23. The molecule has 5 nitrogen and oxygen atoms in total. The third-order valence-corrected chi connectivity index (χ3v) is 5.56. The Morgan fingerprint density at radius 3 is 2.54 bits per heavy atom. The topological polar surface area (TPSA) is 64.6 Å². The number of carbonyl (C=O) groups excluding carboxylic acids is 2. The lowest BCUT2D eigenvalue weighted by atomic mass is 9.76. The largest absolute Gasteiger partial charge is 0.465 e. The van der Waals surface area contributed by atoms with Crippen LogP contribution in [0.1, 0.15) is 57.1 Å². The van der Waals surface area contributed by atoms with Crippen LogP contribution in [0.15, 0.2) is 54.6 Å². The summed E-state index contributed by atoms with van der Waals surface area (Å²) in [7, 11) is 1.38. The van der Waals surface area contributed by atoms with Crippen molar-refractivity contribution in [1.29, 1.82) is 0 Å². The van der Waals surface area contributed by atoms with Gasteiger partial charge in [-0.15, -0.1) is 0 Å². The Kier molecular flexibility index (Phi) is 4.90. The summed E-state index contributed by atoms with van der Waals surface area (Å²) in [6, 6.07) is 13.4. The summed E-state index contributed by atoms with van der Waals surface area (Å²) in [6.07, 6.45) is 5.40. The van der Waals surface area contributed by atoms with Gasteiger partial charge in [0.1, 0.15) is 0 Å². The molecule has 0 spiro atoms. The SMILES string of the molecule is CCOC(=O)c1ccc2c(c1)[C@@H]1C=CC[C@@H]1[C@H](c1ccc(C(=O)OC)cc1)N2. The zero-order valence-corrected chi connectivity index (χ0v) is 16.0. The fraction of sp³-hybridized carbons (Fsp3) is 0.304. The number of nitrogens with one attached hydrogen (secondary N) is 1. The number of hydrogen-bond donors (Lipinski definition) is 1. The summed E-state index contributed by atoms with van der Waals surface area (Å²) in [5.74, 6) is -0.0189. The molecule has 0 bridgehead atoms. The second-order valence-electron chi connectivity index (χ2n) is 7.11. The fourth-order valence-corrected chi connectivity index (χ4v) is 4.21. The van der Waals surface area contributed by atoms with Gasteiger partial charge in [0.25, 0.3) is 0 Å². The molecule has 1 aliphatic carbocycles. The molecule has 2 aromatic rings. The lowest BCUT2D eigenvalue weighted by Gasteiger charge is -2.37. The number of anilines is 1. The average molecular weight is 377 g/mol. The van der Waals surface area contributed by atoms with Crippen molar-refractivity contribution in [2.75, 3.05) is 19.0 Å². The van der Waals surface area contributed by atoms with Gasteiger partial charge in [0.05, 0.1) is 30.9 Å². The van der Waals surface area contributed by atoms with E-state index in [0.29, 0.717) is 23.7 Å². The highest BCUT2D eigenvalue weighted by atomic mass is 16.5. The molecule has 0 saturated heterocycles. The highest BCUT2D eigenvalue weighted by molar-refractivity contribution is 5.91. The number of methoxy groups -OCH3 is 1. The van der Waals surface area contributed by atoms with E-state index < -0.39 is 0 Å². The van der Waals surface area contributed by atoms with Crippen LogP contribution in [0.4, 0.5) is 5.69 Å². The number of carbonyl (C=O) groups is 2. The molecule has 0 aromatic heterocycles. The number of rotatable bonds is 4. The maximum atomic E-state index is 12.1. The quantitative estimate of drug-likeness (QED) is 0.629. The van der Waals surface area contributed by atoms with E-state index in [1.54, 1.807) is 18.2 Å². The smallest absolute Gasteiger partial charge is 0.338 e. The minimum absolute atomic E-state index is 0.132. The van der Waals surface area contributed by atoms with E-state index in [1.807, 2.05) is 31.2 Å². The van der Waals surface area contributed by atoms with E-state index in [2.05, 4.69) is 17.5 Å². The highest BCUT2D eigenvalue weighted by Crippen LogP contribution is 2.49. The van der Waals surface area contributed by atoms with Gasteiger partial charge in [0.2, 0.25) is 0 Å². The molecule has 0 unspecified atom stereocenters. The van der Waals surface area contributed by atoms with E-state index in [1.165, 1.54) is 7.11 Å². The molecule has 1 N–H and O–H groups in total. The van der Waals surface area contributed by atoms with E-state index in [-0.39, 0.29) is 23.9 Å². The Morgan fingerprint density at radius 1 is 1.07 bits per heavy atom. The van der Waals surface area contributed by atoms with Gasteiger partial charge in [-0.2, -0.15) is 0 Å². The van der Waals surface area contributed by atoms with E-state index in [9.17, 15) is 9.59 Å². The predicted molar refractivity (Wildman–Crippen MR) is 107 cm³/mol. The molecule has 4 rings (SSSR count). The minimum atomic E-state index is -0.333. The van der Waals surface area contributed by atoms with Crippen molar-refractivity contribution in [3.8, 4) is 0 Å². The number of esters is 2. The van der Waals surface area contributed by atoms with Gasteiger partial charge in [-0.25, -0.2) is 9.59 Å². The molecule has 1 heterocycles. The van der Waals surface area contributed by atoms with Crippen LogP contribution in [0.25, 0.3) is 0 Å². The van der Waals surface area contributed by atoms with Crippen LogP contribution in [-0.2, 0) is 9.47 Å². The normalized spacial score (nSPS) is 22.0. The maximum Gasteiger partial charge on any atom is 0.338 e. The van der Waals surface area contributed by atoms with Gasteiger partial charge in [0, 0.05) is 11.6 Å². The molecular weight excluding hydrogens is 354 g/mol. The van der Waals surface area contributed by atoms with Crippen molar-refractivity contribution in [1.82, 2.24) is 0 Å². The third-order valence-electron chi connectivity index (χ3n) is 5.56.